The zero-order valence-corrected chi connectivity index (χ0v) is 14.1. The van der Waals surface area contributed by atoms with Crippen LogP contribution in [0, 0.1) is 5.92 Å². The minimum atomic E-state index is -0.339. The van der Waals surface area contributed by atoms with E-state index >= 15 is 0 Å². The lowest BCUT2D eigenvalue weighted by Crippen LogP contribution is -2.54. The Balaban J connectivity index is 1.84. The first kappa shape index (κ1) is 17.3. The van der Waals surface area contributed by atoms with E-state index in [0.717, 1.165) is 45.3 Å². The molecule has 5 heteroatoms. The Morgan fingerprint density at radius 3 is 2.32 bits per heavy atom. The van der Waals surface area contributed by atoms with E-state index in [1.54, 1.807) is 0 Å². The summed E-state index contributed by atoms with van der Waals surface area (Å²) in [4.78, 5) is 26.5. The van der Waals surface area contributed by atoms with E-state index in [2.05, 4.69) is 22.5 Å². The van der Waals surface area contributed by atoms with Crippen molar-refractivity contribution in [3.05, 3.63) is 0 Å². The molecular weight excluding hydrogens is 278 g/mol. The SMILES string of the molecule is CCCN1CCC(NC(=O)C(NC(C)=O)C2CCCC2)CC1. The van der Waals surface area contributed by atoms with Gasteiger partial charge in [0.15, 0.2) is 0 Å². The number of nitrogens with one attached hydrogen (secondary N) is 2. The topological polar surface area (TPSA) is 61.4 Å². The third-order valence-electron chi connectivity index (χ3n) is 4.99. The summed E-state index contributed by atoms with van der Waals surface area (Å²) in [6.45, 7) is 6.98. The average Bonchev–Trinajstić information content (AvgIpc) is 3.01. The van der Waals surface area contributed by atoms with Gasteiger partial charge in [-0.3, -0.25) is 9.59 Å². The van der Waals surface area contributed by atoms with Crippen molar-refractivity contribution in [1.29, 1.82) is 0 Å². The highest BCUT2D eigenvalue weighted by Crippen LogP contribution is 2.28. The van der Waals surface area contributed by atoms with Crippen LogP contribution in [0.15, 0.2) is 0 Å². The summed E-state index contributed by atoms with van der Waals surface area (Å²) in [6.07, 6.45) is 7.66. The van der Waals surface area contributed by atoms with Crippen molar-refractivity contribution < 1.29 is 9.59 Å². The van der Waals surface area contributed by atoms with E-state index in [0.29, 0.717) is 5.92 Å². The van der Waals surface area contributed by atoms with Crippen LogP contribution < -0.4 is 10.6 Å². The largest absolute Gasteiger partial charge is 0.351 e. The first-order chi connectivity index (χ1) is 10.6. The van der Waals surface area contributed by atoms with Crippen molar-refractivity contribution in [1.82, 2.24) is 15.5 Å². The Morgan fingerprint density at radius 2 is 1.77 bits per heavy atom. The highest BCUT2D eigenvalue weighted by atomic mass is 16.2. The molecule has 126 valence electrons. The van der Waals surface area contributed by atoms with E-state index in [-0.39, 0.29) is 23.9 Å². The molecule has 1 aliphatic carbocycles. The van der Waals surface area contributed by atoms with Crippen molar-refractivity contribution in [3.8, 4) is 0 Å². The smallest absolute Gasteiger partial charge is 0.243 e. The molecule has 2 amide bonds. The fourth-order valence-corrected chi connectivity index (χ4v) is 3.82. The number of amides is 2. The molecule has 1 saturated heterocycles. The van der Waals surface area contributed by atoms with E-state index in [1.165, 1.54) is 26.2 Å². The van der Waals surface area contributed by atoms with E-state index < -0.39 is 0 Å². The minimum absolute atomic E-state index is 0.0241. The second-order valence-electron chi connectivity index (χ2n) is 6.85. The van der Waals surface area contributed by atoms with E-state index in [4.69, 9.17) is 0 Å². The first-order valence-electron chi connectivity index (χ1n) is 8.90. The zero-order chi connectivity index (χ0) is 15.9. The summed E-state index contributed by atoms with van der Waals surface area (Å²) in [5.74, 6) is 0.227. The van der Waals surface area contributed by atoms with E-state index in [9.17, 15) is 9.59 Å². The lowest BCUT2D eigenvalue weighted by molar-refractivity contribution is -0.130. The number of hydrogen-bond acceptors (Lipinski definition) is 3. The molecule has 2 rings (SSSR count). The number of carbonyl (C=O) groups is 2. The number of piperidine rings is 1. The summed E-state index contributed by atoms with van der Waals surface area (Å²) in [7, 11) is 0. The van der Waals surface area contributed by atoms with Crippen molar-refractivity contribution in [3.63, 3.8) is 0 Å². The first-order valence-corrected chi connectivity index (χ1v) is 8.90. The van der Waals surface area contributed by atoms with Crippen molar-refractivity contribution >= 4 is 11.8 Å². The maximum atomic E-state index is 12.6. The normalized spacial score (nSPS) is 22.5. The van der Waals surface area contributed by atoms with E-state index in [1.807, 2.05) is 0 Å². The van der Waals surface area contributed by atoms with Gasteiger partial charge in [-0.2, -0.15) is 0 Å². The Hall–Kier alpha value is -1.10. The summed E-state index contributed by atoms with van der Waals surface area (Å²) >= 11 is 0. The summed E-state index contributed by atoms with van der Waals surface area (Å²) in [6, 6.07) is -0.0769. The van der Waals surface area contributed by atoms with Crippen LogP contribution >= 0.6 is 0 Å². The Kier molecular flexibility index (Phi) is 6.68. The third kappa shape index (κ3) is 4.97. The fourth-order valence-electron chi connectivity index (χ4n) is 3.82. The van der Waals surface area contributed by atoms with Gasteiger partial charge in [0.2, 0.25) is 11.8 Å². The maximum absolute atomic E-state index is 12.6. The molecular formula is C17H31N3O2. The molecule has 5 nitrogen and oxygen atoms in total. The van der Waals surface area contributed by atoms with Gasteiger partial charge >= 0.3 is 0 Å². The molecule has 2 fully saturated rings. The van der Waals surface area contributed by atoms with Crippen LogP contribution in [-0.4, -0.2) is 48.4 Å². The van der Waals surface area contributed by atoms with Crippen LogP contribution in [0.2, 0.25) is 0 Å². The summed E-state index contributed by atoms with van der Waals surface area (Å²) < 4.78 is 0. The standard InChI is InChI=1S/C17H31N3O2/c1-3-10-20-11-8-15(9-12-20)19-17(22)16(18-13(2)21)14-6-4-5-7-14/h14-16H,3-12H2,1-2H3,(H,18,21)(H,19,22). The molecule has 1 atom stereocenters. The molecule has 0 spiro atoms. The molecule has 0 bridgehead atoms. The molecule has 0 aromatic rings. The van der Waals surface area contributed by atoms with Gasteiger partial charge in [0.1, 0.15) is 6.04 Å². The minimum Gasteiger partial charge on any atom is -0.351 e. The van der Waals surface area contributed by atoms with Gasteiger partial charge in [-0.1, -0.05) is 19.8 Å². The van der Waals surface area contributed by atoms with Crippen molar-refractivity contribution in [2.24, 2.45) is 5.92 Å². The summed E-state index contributed by atoms with van der Waals surface area (Å²) in [5, 5.41) is 6.06. The van der Waals surface area contributed by atoms with Crippen LogP contribution in [0.1, 0.15) is 58.8 Å². The summed E-state index contributed by atoms with van der Waals surface area (Å²) in [5.41, 5.74) is 0. The highest BCUT2D eigenvalue weighted by molar-refractivity contribution is 5.87. The second kappa shape index (κ2) is 8.51. The molecule has 1 heterocycles. The fraction of sp³-hybridized carbons (Fsp3) is 0.882. The molecule has 0 aromatic heterocycles. The van der Waals surface area contributed by atoms with Crippen LogP contribution in [0.5, 0.6) is 0 Å². The van der Waals surface area contributed by atoms with Gasteiger partial charge in [0.25, 0.3) is 0 Å². The van der Waals surface area contributed by atoms with Gasteiger partial charge in [-0.25, -0.2) is 0 Å². The molecule has 2 N–H and O–H groups in total. The third-order valence-corrected chi connectivity index (χ3v) is 4.99. The average molecular weight is 309 g/mol. The highest BCUT2D eigenvalue weighted by Gasteiger charge is 2.32. The van der Waals surface area contributed by atoms with Gasteiger partial charge in [0, 0.05) is 26.1 Å². The lowest BCUT2D eigenvalue weighted by Gasteiger charge is -2.33. The molecule has 1 unspecified atom stereocenters. The lowest BCUT2D eigenvalue weighted by atomic mass is 9.96. The maximum Gasteiger partial charge on any atom is 0.243 e. The predicted octanol–water partition coefficient (Wildman–Crippen LogP) is 1.67. The number of hydrogen-bond donors (Lipinski definition) is 2. The van der Waals surface area contributed by atoms with Crippen LogP contribution in [0.4, 0.5) is 0 Å². The molecule has 1 saturated carbocycles. The van der Waals surface area contributed by atoms with Crippen LogP contribution in [-0.2, 0) is 9.59 Å². The number of likely N-dealkylation sites (tertiary alicyclic amines) is 1. The van der Waals surface area contributed by atoms with Crippen LogP contribution in [0.3, 0.4) is 0 Å². The Labute approximate surface area is 134 Å². The molecule has 1 aliphatic heterocycles. The second-order valence-corrected chi connectivity index (χ2v) is 6.85. The van der Waals surface area contributed by atoms with Gasteiger partial charge in [-0.05, 0) is 44.6 Å². The predicted molar refractivity (Wildman–Crippen MR) is 87.5 cm³/mol. The number of nitrogens with zero attached hydrogens (tertiary/aromatic N) is 1. The molecule has 22 heavy (non-hydrogen) atoms. The van der Waals surface area contributed by atoms with Gasteiger partial charge < -0.3 is 15.5 Å². The Morgan fingerprint density at radius 1 is 1.14 bits per heavy atom. The molecule has 2 aliphatic rings. The van der Waals surface area contributed by atoms with Gasteiger partial charge in [0.05, 0.1) is 0 Å². The number of rotatable bonds is 6. The Bertz CT molecular complexity index is 372. The monoisotopic (exact) mass is 309 g/mol. The zero-order valence-electron chi connectivity index (χ0n) is 14.1. The molecule has 0 aromatic carbocycles. The quantitative estimate of drug-likeness (QED) is 0.784. The van der Waals surface area contributed by atoms with Gasteiger partial charge in [-0.15, -0.1) is 0 Å². The van der Waals surface area contributed by atoms with Crippen molar-refractivity contribution in [2.75, 3.05) is 19.6 Å². The molecule has 0 radical (unpaired) electrons. The number of carbonyl (C=O) groups excluding carboxylic acids is 2. The van der Waals surface area contributed by atoms with Crippen molar-refractivity contribution in [2.45, 2.75) is 70.9 Å². The van der Waals surface area contributed by atoms with Crippen LogP contribution in [0.25, 0.3) is 0 Å².